The van der Waals surface area contributed by atoms with Crippen molar-refractivity contribution in [3.05, 3.63) is 29.9 Å². The second-order valence-electron chi connectivity index (χ2n) is 6.72. The highest BCUT2D eigenvalue weighted by Crippen LogP contribution is 2.16. The highest BCUT2D eigenvalue weighted by molar-refractivity contribution is 5.76. The zero-order valence-electron chi connectivity index (χ0n) is 15.0. The summed E-state index contributed by atoms with van der Waals surface area (Å²) in [6, 6.07) is 0. The number of amides is 1. The molecule has 2 aromatic rings. The van der Waals surface area contributed by atoms with Crippen molar-refractivity contribution in [1.82, 2.24) is 24.6 Å². The number of carbonyl (C=O) groups excluding carboxylic acids is 1. The van der Waals surface area contributed by atoms with Gasteiger partial charge in [0.25, 0.3) is 5.89 Å². The van der Waals surface area contributed by atoms with E-state index in [-0.39, 0.29) is 24.5 Å². The molecular formula is C17H25N5O3. The molecular weight excluding hydrogens is 322 g/mol. The molecule has 0 bridgehead atoms. The van der Waals surface area contributed by atoms with E-state index in [1.165, 1.54) is 0 Å². The average Bonchev–Trinajstić information content (AvgIpc) is 3.23. The lowest BCUT2D eigenvalue weighted by Crippen LogP contribution is -2.44. The number of ether oxygens (including phenoxy) is 1. The van der Waals surface area contributed by atoms with Crippen molar-refractivity contribution in [2.75, 3.05) is 13.1 Å². The molecule has 1 amide bonds. The molecule has 1 aliphatic rings. The molecule has 1 saturated heterocycles. The molecule has 0 aromatic carbocycles. The maximum Gasteiger partial charge on any atom is 0.252 e. The monoisotopic (exact) mass is 347 g/mol. The molecule has 1 fully saturated rings. The summed E-state index contributed by atoms with van der Waals surface area (Å²) in [6.45, 7) is 7.89. The molecule has 1 unspecified atom stereocenters. The van der Waals surface area contributed by atoms with E-state index in [0.29, 0.717) is 24.8 Å². The normalized spacial score (nSPS) is 18.1. The molecule has 0 saturated carbocycles. The molecule has 1 aliphatic heterocycles. The van der Waals surface area contributed by atoms with Gasteiger partial charge in [-0.3, -0.25) is 4.79 Å². The van der Waals surface area contributed by atoms with Gasteiger partial charge in [-0.25, -0.2) is 4.98 Å². The lowest BCUT2D eigenvalue weighted by molar-refractivity contribution is -0.136. The summed E-state index contributed by atoms with van der Waals surface area (Å²) in [5.74, 6) is 2.34. The number of nitrogens with zero attached hydrogens (tertiary/aromatic N) is 5. The molecule has 0 N–H and O–H groups in total. The number of carbonyl (C=O) groups is 1. The number of piperidine rings is 1. The Morgan fingerprint density at radius 1 is 1.48 bits per heavy atom. The number of aromatic nitrogens is 4. The van der Waals surface area contributed by atoms with Gasteiger partial charge in [0.1, 0.15) is 19.0 Å². The minimum atomic E-state index is -0.00372. The van der Waals surface area contributed by atoms with E-state index < -0.39 is 0 Å². The summed E-state index contributed by atoms with van der Waals surface area (Å²) < 4.78 is 12.9. The fraction of sp³-hybridized carbons (Fsp3) is 0.647. The van der Waals surface area contributed by atoms with Gasteiger partial charge in [0, 0.05) is 31.4 Å². The molecule has 8 heteroatoms. The predicted octanol–water partition coefficient (Wildman–Crippen LogP) is 1.91. The average molecular weight is 347 g/mol. The molecule has 3 rings (SSSR count). The molecule has 25 heavy (non-hydrogen) atoms. The lowest BCUT2D eigenvalue weighted by Gasteiger charge is -2.32. The Balaban J connectivity index is 1.50. The number of rotatable bonds is 6. The van der Waals surface area contributed by atoms with Crippen LogP contribution >= 0.6 is 0 Å². The van der Waals surface area contributed by atoms with E-state index >= 15 is 0 Å². The highest BCUT2D eigenvalue weighted by Gasteiger charge is 2.25. The number of imidazole rings is 1. The van der Waals surface area contributed by atoms with Crippen LogP contribution in [0.3, 0.4) is 0 Å². The molecule has 0 spiro atoms. The first-order valence-electron chi connectivity index (χ1n) is 8.72. The minimum Gasteiger partial charge on any atom is -0.367 e. The van der Waals surface area contributed by atoms with Crippen LogP contribution in [-0.4, -0.2) is 49.7 Å². The number of hydrogen-bond acceptors (Lipinski definition) is 6. The van der Waals surface area contributed by atoms with Gasteiger partial charge < -0.3 is 18.7 Å². The van der Waals surface area contributed by atoms with Crippen LogP contribution in [0.5, 0.6) is 0 Å². The Morgan fingerprint density at radius 2 is 2.32 bits per heavy atom. The second-order valence-corrected chi connectivity index (χ2v) is 6.72. The smallest absolute Gasteiger partial charge is 0.252 e. The van der Waals surface area contributed by atoms with Gasteiger partial charge in [-0.15, -0.1) is 0 Å². The topological polar surface area (TPSA) is 86.3 Å². The lowest BCUT2D eigenvalue weighted by atomic mass is 10.1. The van der Waals surface area contributed by atoms with Crippen molar-refractivity contribution in [2.45, 2.75) is 58.8 Å². The maximum atomic E-state index is 12.5. The Morgan fingerprint density at radius 3 is 3.00 bits per heavy atom. The van der Waals surface area contributed by atoms with Crippen molar-refractivity contribution in [3.8, 4) is 0 Å². The predicted molar refractivity (Wildman–Crippen MR) is 89.7 cm³/mol. The van der Waals surface area contributed by atoms with Crippen LogP contribution in [-0.2, 0) is 22.7 Å². The van der Waals surface area contributed by atoms with Crippen LogP contribution in [0.15, 0.2) is 16.9 Å². The summed E-state index contributed by atoms with van der Waals surface area (Å²) in [5.41, 5.74) is 0. The van der Waals surface area contributed by atoms with E-state index in [9.17, 15) is 4.79 Å². The molecule has 0 radical (unpaired) electrons. The molecule has 2 aromatic heterocycles. The van der Waals surface area contributed by atoms with Crippen molar-refractivity contribution in [3.63, 3.8) is 0 Å². The summed E-state index contributed by atoms with van der Waals surface area (Å²) in [5, 5.41) is 3.93. The van der Waals surface area contributed by atoms with Gasteiger partial charge >= 0.3 is 0 Å². The quantitative estimate of drug-likeness (QED) is 0.793. The summed E-state index contributed by atoms with van der Waals surface area (Å²) in [7, 11) is 0. The Labute approximate surface area is 147 Å². The van der Waals surface area contributed by atoms with E-state index in [1.54, 1.807) is 6.20 Å². The van der Waals surface area contributed by atoms with E-state index in [2.05, 4.69) is 15.1 Å². The van der Waals surface area contributed by atoms with Crippen LogP contribution in [0.1, 0.15) is 50.1 Å². The summed E-state index contributed by atoms with van der Waals surface area (Å²) in [6.07, 6.45) is 5.39. The maximum absolute atomic E-state index is 12.5. The zero-order chi connectivity index (χ0) is 17.8. The third-order valence-corrected chi connectivity index (χ3v) is 4.40. The molecule has 3 heterocycles. The van der Waals surface area contributed by atoms with Gasteiger partial charge in [-0.05, 0) is 19.8 Å². The van der Waals surface area contributed by atoms with E-state index in [4.69, 9.17) is 9.26 Å². The van der Waals surface area contributed by atoms with E-state index in [0.717, 1.165) is 25.2 Å². The third kappa shape index (κ3) is 4.45. The van der Waals surface area contributed by atoms with Crippen LogP contribution in [0.2, 0.25) is 0 Å². The van der Waals surface area contributed by atoms with Crippen molar-refractivity contribution in [2.24, 2.45) is 0 Å². The zero-order valence-corrected chi connectivity index (χ0v) is 15.0. The van der Waals surface area contributed by atoms with Gasteiger partial charge in [-0.2, -0.15) is 4.98 Å². The Bertz CT molecular complexity index is 709. The largest absolute Gasteiger partial charge is 0.367 e. The molecule has 8 nitrogen and oxygen atoms in total. The summed E-state index contributed by atoms with van der Waals surface area (Å²) in [4.78, 5) is 22.8. The van der Waals surface area contributed by atoms with Crippen LogP contribution < -0.4 is 0 Å². The van der Waals surface area contributed by atoms with Crippen LogP contribution in [0.4, 0.5) is 0 Å². The highest BCUT2D eigenvalue weighted by atomic mass is 16.5. The minimum absolute atomic E-state index is 0.00372. The van der Waals surface area contributed by atoms with Crippen molar-refractivity contribution < 1.29 is 14.1 Å². The van der Waals surface area contributed by atoms with Crippen LogP contribution in [0, 0.1) is 6.92 Å². The Kier molecular flexibility index (Phi) is 5.47. The molecule has 136 valence electrons. The first kappa shape index (κ1) is 17.6. The number of hydrogen-bond donors (Lipinski definition) is 0. The van der Waals surface area contributed by atoms with Gasteiger partial charge in [-0.1, -0.05) is 19.0 Å². The number of likely N-dealkylation sites (tertiary alicyclic amines) is 1. The fourth-order valence-corrected chi connectivity index (χ4v) is 2.87. The van der Waals surface area contributed by atoms with Crippen molar-refractivity contribution >= 4 is 5.91 Å². The van der Waals surface area contributed by atoms with Crippen LogP contribution in [0.25, 0.3) is 0 Å². The molecule has 0 aliphatic carbocycles. The SMILES string of the molecule is Cc1nccn1CC(=O)N1CCCC(OCc2nc(C(C)C)no2)C1. The van der Waals surface area contributed by atoms with E-state index in [1.807, 2.05) is 36.4 Å². The van der Waals surface area contributed by atoms with Gasteiger partial charge in [0.2, 0.25) is 5.91 Å². The molecule has 1 atom stereocenters. The van der Waals surface area contributed by atoms with Crippen molar-refractivity contribution in [1.29, 1.82) is 0 Å². The standard InChI is InChI=1S/C17H25N5O3/c1-12(2)17-19-15(25-20-17)11-24-14-5-4-7-22(9-14)16(23)10-21-8-6-18-13(21)3/h6,8,12,14H,4-5,7,9-11H2,1-3H3. The Hall–Kier alpha value is -2.22. The summed E-state index contributed by atoms with van der Waals surface area (Å²) >= 11 is 0. The van der Waals surface area contributed by atoms with Gasteiger partial charge in [0.15, 0.2) is 5.82 Å². The third-order valence-electron chi connectivity index (χ3n) is 4.40. The first-order chi connectivity index (χ1) is 12.0. The number of aryl methyl sites for hydroxylation is 1. The van der Waals surface area contributed by atoms with Gasteiger partial charge in [0.05, 0.1) is 6.10 Å². The fourth-order valence-electron chi connectivity index (χ4n) is 2.87. The second kappa shape index (κ2) is 7.77. The first-order valence-corrected chi connectivity index (χ1v) is 8.72.